The zero-order chi connectivity index (χ0) is 14.8. The van der Waals surface area contributed by atoms with Crippen molar-refractivity contribution in [2.75, 3.05) is 7.05 Å². The second-order valence-corrected chi connectivity index (χ2v) is 7.12. The van der Waals surface area contributed by atoms with E-state index in [0.717, 1.165) is 25.7 Å². The van der Waals surface area contributed by atoms with E-state index in [-0.39, 0.29) is 23.0 Å². The molecule has 0 saturated carbocycles. The Kier molecular flexibility index (Phi) is 4.83. The average molecular weight is 266 g/mol. The summed E-state index contributed by atoms with van der Waals surface area (Å²) in [5.41, 5.74) is 0.912. The van der Waals surface area contributed by atoms with Crippen LogP contribution in [0, 0.1) is 0 Å². The van der Waals surface area contributed by atoms with Crippen molar-refractivity contribution in [2.24, 2.45) is 0 Å². The van der Waals surface area contributed by atoms with Gasteiger partial charge in [-0.25, -0.2) is 0 Å². The molecule has 0 aromatic rings. The van der Waals surface area contributed by atoms with Crippen molar-refractivity contribution in [2.45, 2.75) is 77.4 Å². The van der Waals surface area contributed by atoms with E-state index in [1.807, 2.05) is 0 Å². The highest BCUT2D eigenvalue weighted by molar-refractivity contribution is 5.92. The molecule has 0 aliphatic carbocycles. The Hall–Kier alpha value is -0.830. The SMILES string of the molecule is C=C(CCC)C(=O)NC1CC(C)(C)N(C)C(C)(C)C1. The molecule has 1 aliphatic heterocycles. The number of amides is 1. The van der Waals surface area contributed by atoms with Gasteiger partial charge in [0.1, 0.15) is 0 Å². The Labute approximate surface area is 118 Å². The molecule has 1 fully saturated rings. The van der Waals surface area contributed by atoms with Crippen LogP contribution in [0.4, 0.5) is 0 Å². The van der Waals surface area contributed by atoms with E-state index in [4.69, 9.17) is 0 Å². The number of piperidine rings is 1. The normalized spacial score (nSPS) is 23.1. The van der Waals surface area contributed by atoms with E-state index in [9.17, 15) is 4.79 Å². The first-order valence-electron chi connectivity index (χ1n) is 7.33. The Morgan fingerprint density at radius 1 is 1.26 bits per heavy atom. The fraction of sp³-hybridized carbons (Fsp3) is 0.812. The van der Waals surface area contributed by atoms with E-state index in [2.05, 4.69) is 58.5 Å². The molecule has 0 spiro atoms. The van der Waals surface area contributed by atoms with E-state index < -0.39 is 0 Å². The van der Waals surface area contributed by atoms with Crippen LogP contribution in [0.1, 0.15) is 60.3 Å². The largest absolute Gasteiger partial charge is 0.349 e. The minimum absolute atomic E-state index is 0.0306. The second kappa shape index (κ2) is 5.66. The van der Waals surface area contributed by atoms with Crippen molar-refractivity contribution < 1.29 is 4.79 Å². The molecular weight excluding hydrogens is 236 g/mol. The van der Waals surface area contributed by atoms with Crippen molar-refractivity contribution in [1.82, 2.24) is 10.2 Å². The minimum Gasteiger partial charge on any atom is -0.349 e. The first kappa shape index (κ1) is 16.2. The first-order valence-corrected chi connectivity index (χ1v) is 7.33. The van der Waals surface area contributed by atoms with Crippen LogP contribution < -0.4 is 5.32 Å². The third kappa shape index (κ3) is 3.82. The fourth-order valence-corrected chi connectivity index (χ4v) is 3.18. The number of carbonyl (C=O) groups is 1. The molecule has 1 heterocycles. The number of rotatable bonds is 4. The summed E-state index contributed by atoms with van der Waals surface area (Å²) >= 11 is 0. The number of likely N-dealkylation sites (tertiary alicyclic amines) is 1. The maximum atomic E-state index is 12.1. The molecule has 1 saturated heterocycles. The Balaban J connectivity index is 2.71. The molecule has 19 heavy (non-hydrogen) atoms. The molecule has 1 N–H and O–H groups in total. The molecule has 0 bridgehead atoms. The molecule has 0 aromatic heterocycles. The molecule has 3 heteroatoms. The van der Waals surface area contributed by atoms with Crippen LogP contribution in [-0.4, -0.2) is 35.0 Å². The van der Waals surface area contributed by atoms with Crippen LogP contribution in [0.25, 0.3) is 0 Å². The molecule has 110 valence electrons. The van der Waals surface area contributed by atoms with E-state index in [1.165, 1.54) is 0 Å². The monoisotopic (exact) mass is 266 g/mol. The van der Waals surface area contributed by atoms with E-state index >= 15 is 0 Å². The number of carbonyl (C=O) groups excluding carboxylic acids is 1. The summed E-state index contributed by atoms with van der Waals surface area (Å²) in [4.78, 5) is 14.5. The summed E-state index contributed by atoms with van der Waals surface area (Å²) < 4.78 is 0. The van der Waals surface area contributed by atoms with Crippen LogP contribution in [0.3, 0.4) is 0 Å². The minimum atomic E-state index is 0.0306. The predicted molar refractivity (Wildman–Crippen MR) is 81.1 cm³/mol. The van der Waals surface area contributed by atoms with Gasteiger partial charge in [0, 0.05) is 22.7 Å². The molecule has 0 atom stereocenters. The van der Waals surface area contributed by atoms with Crippen molar-refractivity contribution in [3.63, 3.8) is 0 Å². The Bertz CT molecular complexity index is 340. The van der Waals surface area contributed by atoms with Crippen LogP contribution >= 0.6 is 0 Å². The summed E-state index contributed by atoms with van der Waals surface area (Å²) in [7, 11) is 2.17. The van der Waals surface area contributed by atoms with E-state index in [0.29, 0.717) is 5.57 Å². The van der Waals surface area contributed by atoms with Gasteiger partial charge in [-0.1, -0.05) is 19.9 Å². The highest BCUT2D eigenvalue weighted by Gasteiger charge is 2.43. The highest BCUT2D eigenvalue weighted by atomic mass is 16.1. The van der Waals surface area contributed by atoms with Gasteiger partial charge in [-0.3, -0.25) is 9.69 Å². The topological polar surface area (TPSA) is 32.3 Å². The lowest BCUT2D eigenvalue weighted by Crippen LogP contribution is -2.62. The van der Waals surface area contributed by atoms with Gasteiger partial charge in [0.25, 0.3) is 0 Å². The van der Waals surface area contributed by atoms with Gasteiger partial charge in [0.05, 0.1) is 0 Å². The Morgan fingerprint density at radius 2 is 1.74 bits per heavy atom. The molecule has 3 nitrogen and oxygen atoms in total. The number of hydrogen-bond donors (Lipinski definition) is 1. The summed E-state index contributed by atoms with van der Waals surface area (Å²) in [6.45, 7) is 14.9. The van der Waals surface area contributed by atoms with Crippen LogP contribution in [0.2, 0.25) is 0 Å². The Morgan fingerprint density at radius 3 is 2.16 bits per heavy atom. The fourth-order valence-electron chi connectivity index (χ4n) is 3.18. The van der Waals surface area contributed by atoms with Gasteiger partial charge in [-0.05, 0) is 54.0 Å². The lowest BCUT2D eigenvalue weighted by atomic mass is 9.77. The molecule has 1 rings (SSSR count). The number of nitrogens with one attached hydrogen (secondary N) is 1. The predicted octanol–water partition coefficient (Wildman–Crippen LogP) is 3.11. The first-order chi connectivity index (χ1) is 8.60. The van der Waals surface area contributed by atoms with Gasteiger partial charge in [0.15, 0.2) is 0 Å². The summed E-state index contributed by atoms with van der Waals surface area (Å²) in [6, 6.07) is 0.238. The maximum Gasteiger partial charge on any atom is 0.246 e. The molecule has 1 amide bonds. The van der Waals surface area contributed by atoms with E-state index in [1.54, 1.807) is 0 Å². The second-order valence-electron chi connectivity index (χ2n) is 7.12. The van der Waals surface area contributed by atoms with Crippen molar-refractivity contribution >= 4 is 5.91 Å². The standard InChI is InChI=1S/C16H30N2O/c1-8-9-12(2)14(19)17-13-10-15(3,4)18(7)16(5,6)11-13/h13H,2,8-11H2,1,3-7H3,(H,17,19). The summed E-state index contributed by atoms with van der Waals surface area (Å²) in [5.74, 6) is 0.0306. The average Bonchev–Trinajstić information content (AvgIpc) is 2.25. The molecule has 1 aliphatic rings. The van der Waals surface area contributed by atoms with Gasteiger partial charge in [-0.2, -0.15) is 0 Å². The van der Waals surface area contributed by atoms with Gasteiger partial charge < -0.3 is 5.32 Å². The molecule has 0 unspecified atom stereocenters. The molecule has 0 aromatic carbocycles. The number of hydrogen-bond acceptors (Lipinski definition) is 2. The third-order valence-corrected chi connectivity index (χ3v) is 4.52. The quantitative estimate of drug-likeness (QED) is 0.793. The lowest BCUT2D eigenvalue weighted by Gasteiger charge is -2.53. The van der Waals surface area contributed by atoms with Gasteiger partial charge >= 0.3 is 0 Å². The maximum absolute atomic E-state index is 12.1. The number of nitrogens with zero attached hydrogens (tertiary/aromatic N) is 1. The van der Waals surface area contributed by atoms with Crippen molar-refractivity contribution in [3.05, 3.63) is 12.2 Å². The highest BCUT2D eigenvalue weighted by Crippen LogP contribution is 2.36. The van der Waals surface area contributed by atoms with Crippen LogP contribution in [0.5, 0.6) is 0 Å². The van der Waals surface area contributed by atoms with Crippen molar-refractivity contribution in [3.8, 4) is 0 Å². The molecular formula is C16H30N2O. The van der Waals surface area contributed by atoms with Gasteiger partial charge in [0.2, 0.25) is 5.91 Å². The van der Waals surface area contributed by atoms with Gasteiger partial charge in [-0.15, -0.1) is 0 Å². The summed E-state index contributed by atoms with van der Waals surface area (Å²) in [6.07, 6.45) is 3.72. The smallest absolute Gasteiger partial charge is 0.246 e. The lowest BCUT2D eigenvalue weighted by molar-refractivity contribution is -0.119. The van der Waals surface area contributed by atoms with Crippen LogP contribution in [-0.2, 0) is 4.79 Å². The third-order valence-electron chi connectivity index (χ3n) is 4.52. The zero-order valence-electron chi connectivity index (χ0n) is 13.5. The zero-order valence-corrected chi connectivity index (χ0v) is 13.5. The van der Waals surface area contributed by atoms with Crippen molar-refractivity contribution in [1.29, 1.82) is 0 Å². The summed E-state index contributed by atoms with van der Waals surface area (Å²) in [5, 5.41) is 3.17. The molecule has 0 radical (unpaired) electrons. The van der Waals surface area contributed by atoms with Crippen LogP contribution in [0.15, 0.2) is 12.2 Å².